The zero-order valence-electron chi connectivity index (χ0n) is 29.4. The molecule has 0 atom stereocenters. The lowest BCUT2D eigenvalue weighted by atomic mass is 10.0. The Bertz CT molecular complexity index is 2030. The molecule has 0 aromatic heterocycles. The van der Waals surface area contributed by atoms with Crippen molar-refractivity contribution in [1.29, 1.82) is 0 Å². The molecule has 0 fully saturated rings. The average molecular weight is 719 g/mol. The summed E-state index contributed by atoms with van der Waals surface area (Å²) in [4.78, 5) is 48.5. The maximum atomic E-state index is 12.5. The Morgan fingerprint density at radius 1 is 0.509 bits per heavy atom. The maximum Gasteiger partial charge on any atom is 0.269 e. The first-order valence-electron chi connectivity index (χ1n) is 16.9. The first kappa shape index (κ1) is 39.0. The molecule has 4 amide bonds. The molecule has 5 aromatic rings. The van der Waals surface area contributed by atoms with Crippen LogP contribution in [0.15, 0.2) is 115 Å². The summed E-state index contributed by atoms with van der Waals surface area (Å²) in [5.41, 5.74) is 14.2. The number of aromatic hydroxyl groups is 3. The van der Waals surface area contributed by atoms with Crippen LogP contribution in [0, 0.1) is 0 Å². The van der Waals surface area contributed by atoms with E-state index in [0.717, 1.165) is 11.1 Å². The van der Waals surface area contributed by atoms with Gasteiger partial charge in [0.1, 0.15) is 29.6 Å². The second-order valence-corrected chi connectivity index (χ2v) is 11.8. The third-order valence-corrected chi connectivity index (χ3v) is 7.85. The van der Waals surface area contributed by atoms with E-state index in [1.165, 1.54) is 42.5 Å². The number of nitrogens with one attached hydrogen (secondary N) is 4. The van der Waals surface area contributed by atoms with Gasteiger partial charge in [0.15, 0.2) is 0 Å². The summed E-state index contributed by atoms with van der Waals surface area (Å²) in [7, 11) is 0. The summed E-state index contributed by atoms with van der Waals surface area (Å²) >= 11 is 0. The van der Waals surface area contributed by atoms with Gasteiger partial charge in [-0.2, -0.15) is 0 Å². The zero-order chi connectivity index (χ0) is 38.2. The van der Waals surface area contributed by atoms with E-state index >= 15 is 0 Å². The van der Waals surface area contributed by atoms with Crippen LogP contribution in [0.2, 0.25) is 0 Å². The highest BCUT2D eigenvalue weighted by atomic mass is 16.5. The van der Waals surface area contributed by atoms with Crippen LogP contribution in [-0.2, 0) is 41.9 Å². The first-order chi connectivity index (χ1) is 25.5. The van der Waals surface area contributed by atoms with Gasteiger partial charge in [-0.25, -0.2) is 0 Å². The number of ether oxygens (including phenoxy) is 1. The minimum absolute atomic E-state index is 0.0326. The highest BCUT2D eigenvalue weighted by molar-refractivity contribution is 5.97. The van der Waals surface area contributed by atoms with Crippen LogP contribution in [0.4, 0.5) is 0 Å². The van der Waals surface area contributed by atoms with E-state index in [1.807, 2.05) is 50.2 Å². The predicted octanol–water partition coefficient (Wildman–Crippen LogP) is 5.20. The molecule has 0 saturated heterocycles. The van der Waals surface area contributed by atoms with Crippen molar-refractivity contribution >= 4 is 23.6 Å². The number of aryl methyl sites for hydroxylation is 2. The van der Waals surface area contributed by atoms with Crippen molar-refractivity contribution in [2.75, 3.05) is 0 Å². The van der Waals surface area contributed by atoms with Crippen LogP contribution < -0.4 is 26.4 Å². The van der Waals surface area contributed by atoms with Crippen LogP contribution in [0.1, 0.15) is 62.4 Å². The summed E-state index contributed by atoms with van der Waals surface area (Å²) in [6.07, 6.45) is 1.30. The fourth-order valence-electron chi connectivity index (χ4n) is 5.19. The SMILES string of the molecule is CCc1cc(O)ccc1C(=O)NNC(=O)Cc1cccc(O)c1.CCc1cc(OCc2ccccc2)ccc1C(=O)NNC(=O)Cc1cccc(O)c1. The zero-order valence-corrected chi connectivity index (χ0v) is 29.4. The molecule has 0 spiro atoms. The maximum absolute atomic E-state index is 12.5. The lowest BCUT2D eigenvalue weighted by Gasteiger charge is -2.13. The standard InChI is InChI=1S/C24H24N2O4.C17H18N2O4/c1-2-19-15-21(30-16-17-7-4-3-5-8-17)11-12-22(19)24(29)26-25-23(28)14-18-9-6-10-20(27)13-18;1-2-12-10-14(21)6-7-15(12)17(23)19-18-16(22)9-11-4-3-5-13(20)8-11/h3-13,15,27H,2,14,16H2,1H3,(H,25,28)(H,26,29);3-8,10,20-21H,2,9H2,1H3,(H,18,22)(H,19,23). The largest absolute Gasteiger partial charge is 0.508 e. The Hall–Kier alpha value is -6.82. The number of benzene rings is 5. The van der Waals surface area contributed by atoms with Gasteiger partial charge in [-0.15, -0.1) is 0 Å². The summed E-state index contributed by atoms with van der Waals surface area (Å²) in [6, 6.07) is 32.3. The first-order valence-corrected chi connectivity index (χ1v) is 16.9. The molecule has 0 saturated carbocycles. The fourth-order valence-corrected chi connectivity index (χ4v) is 5.19. The number of hydrazine groups is 2. The van der Waals surface area contributed by atoms with E-state index in [4.69, 9.17) is 4.74 Å². The smallest absolute Gasteiger partial charge is 0.269 e. The van der Waals surface area contributed by atoms with E-state index in [1.54, 1.807) is 36.4 Å². The van der Waals surface area contributed by atoms with E-state index in [2.05, 4.69) is 21.7 Å². The molecule has 0 aliphatic heterocycles. The van der Waals surface area contributed by atoms with E-state index < -0.39 is 17.7 Å². The van der Waals surface area contributed by atoms with Crippen molar-refractivity contribution in [3.63, 3.8) is 0 Å². The van der Waals surface area contributed by atoms with E-state index in [-0.39, 0.29) is 36.0 Å². The molecule has 0 unspecified atom stereocenters. The minimum atomic E-state index is -0.453. The number of rotatable bonds is 11. The molecule has 12 nitrogen and oxygen atoms in total. The second kappa shape index (κ2) is 19.5. The highest BCUT2D eigenvalue weighted by Crippen LogP contribution is 2.20. The summed E-state index contributed by atoms with van der Waals surface area (Å²) < 4.78 is 5.82. The quantitative estimate of drug-likeness (QED) is 0.0909. The van der Waals surface area contributed by atoms with Crippen molar-refractivity contribution in [2.24, 2.45) is 0 Å². The van der Waals surface area contributed by atoms with Gasteiger partial charge in [-0.1, -0.05) is 68.4 Å². The highest BCUT2D eigenvalue weighted by Gasteiger charge is 2.14. The molecular weight excluding hydrogens is 676 g/mol. The number of phenolic OH excluding ortho intramolecular Hbond substituents is 3. The van der Waals surface area contributed by atoms with Gasteiger partial charge in [0, 0.05) is 11.1 Å². The van der Waals surface area contributed by atoms with Gasteiger partial charge in [-0.05, 0) is 101 Å². The Morgan fingerprint density at radius 2 is 0.981 bits per heavy atom. The molecule has 5 rings (SSSR count). The monoisotopic (exact) mass is 718 g/mol. The normalized spacial score (nSPS) is 10.2. The van der Waals surface area contributed by atoms with Crippen LogP contribution >= 0.6 is 0 Å². The van der Waals surface area contributed by atoms with Crippen LogP contribution in [0.5, 0.6) is 23.0 Å². The Labute approximate surface area is 307 Å². The number of carbonyl (C=O) groups excluding carboxylic acids is 4. The van der Waals surface area contributed by atoms with E-state index in [9.17, 15) is 34.5 Å². The van der Waals surface area contributed by atoms with Crippen molar-refractivity contribution in [2.45, 2.75) is 46.1 Å². The van der Waals surface area contributed by atoms with Gasteiger partial charge < -0.3 is 20.1 Å². The Morgan fingerprint density at radius 3 is 1.49 bits per heavy atom. The molecule has 0 bridgehead atoms. The lowest BCUT2D eigenvalue weighted by molar-refractivity contribution is -0.122. The van der Waals surface area contributed by atoms with Gasteiger partial charge in [0.2, 0.25) is 11.8 Å². The lowest BCUT2D eigenvalue weighted by Crippen LogP contribution is -2.42. The van der Waals surface area contributed by atoms with Crippen molar-refractivity contribution < 1.29 is 39.2 Å². The number of carbonyl (C=O) groups is 4. The molecule has 53 heavy (non-hydrogen) atoms. The molecule has 274 valence electrons. The molecule has 12 heteroatoms. The van der Waals surface area contributed by atoms with Gasteiger partial charge >= 0.3 is 0 Å². The number of hydrogen-bond donors (Lipinski definition) is 7. The van der Waals surface area contributed by atoms with Gasteiger partial charge in [0.25, 0.3) is 11.8 Å². The van der Waals surface area contributed by atoms with Crippen molar-refractivity contribution in [3.05, 3.63) is 154 Å². The summed E-state index contributed by atoms with van der Waals surface area (Å²) in [6.45, 7) is 4.26. The molecule has 0 heterocycles. The van der Waals surface area contributed by atoms with Crippen LogP contribution in [-0.4, -0.2) is 38.9 Å². The third-order valence-electron chi connectivity index (χ3n) is 7.85. The van der Waals surface area contributed by atoms with Crippen molar-refractivity contribution in [1.82, 2.24) is 21.7 Å². The molecule has 0 radical (unpaired) electrons. The Kier molecular flexibility index (Phi) is 14.4. The molecule has 0 aliphatic carbocycles. The predicted molar refractivity (Wildman–Crippen MR) is 199 cm³/mol. The van der Waals surface area contributed by atoms with Gasteiger partial charge in [-0.3, -0.25) is 40.9 Å². The third kappa shape index (κ3) is 12.5. The second-order valence-electron chi connectivity index (χ2n) is 11.8. The summed E-state index contributed by atoms with van der Waals surface area (Å²) in [5.74, 6) is -0.693. The summed E-state index contributed by atoms with van der Waals surface area (Å²) in [5, 5.41) is 28.2. The topological polar surface area (TPSA) is 186 Å². The number of amides is 4. The Balaban J connectivity index is 0.000000245. The molecule has 5 aromatic carbocycles. The number of hydrogen-bond acceptors (Lipinski definition) is 8. The minimum Gasteiger partial charge on any atom is -0.508 e. The average Bonchev–Trinajstić information content (AvgIpc) is 3.15. The molecule has 7 N–H and O–H groups in total. The van der Waals surface area contributed by atoms with Crippen LogP contribution in [0.25, 0.3) is 0 Å². The molecular formula is C41H42N4O8. The fraction of sp³-hybridized carbons (Fsp3) is 0.171. The molecule has 0 aliphatic rings. The van der Waals surface area contributed by atoms with Crippen molar-refractivity contribution in [3.8, 4) is 23.0 Å². The van der Waals surface area contributed by atoms with Crippen LogP contribution in [0.3, 0.4) is 0 Å². The van der Waals surface area contributed by atoms with Gasteiger partial charge in [0.05, 0.1) is 12.8 Å². The number of phenols is 3. The van der Waals surface area contributed by atoms with E-state index in [0.29, 0.717) is 53.0 Å².